The third kappa shape index (κ3) is 9.03. The fourth-order valence-electron chi connectivity index (χ4n) is 4.44. The lowest BCUT2D eigenvalue weighted by Gasteiger charge is -2.18. The number of rotatable bonds is 11. The van der Waals surface area contributed by atoms with Gasteiger partial charge >= 0.3 is 0 Å². The first-order valence-corrected chi connectivity index (χ1v) is 15.9. The highest BCUT2D eigenvalue weighted by Crippen LogP contribution is 2.38. The summed E-state index contributed by atoms with van der Waals surface area (Å²) in [6.45, 7) is 0. The van der Waals surface area contributed by atoms with Crippen LogP contribution in [-0.2, 0) is 9.59 Å². The van der Waals surface area contributed by atoms with Crippen molar-refractivity contribution in [2.45, 2.75) is 10.1 Å². The monoisotopic (exact) mass is 706 g/mol. The Bertz CT molecular complexity index is 1940. The zero-order valence-corrected chi connectivity index (χ0v) is 27.0. The van der Waals surface area contributed by atoms with Crippen molar-refractivity contribution in [3.05, 3.63) is 170 Å². The minimum absolute atomic E-state index is 0.0688. The molecular weight excluding hydrogens is 680 g/mol. The lowest BCUT2D eigenvalue weighted by Crippen LogP contribution is -2.30. The number of carbonyl (C=O) groups is 3. The minimum atomic E-state index is -0.614. The van der Waals surface area contributed by atoms with Gasteiger partial charge in [-0.25, -0.2) is 0 Å². The van der Waals surface area contributed by atoms with E-state index in [0.717, 1.165) is 10.0 Å². The van der Waals surface area contributed by atoms with Gasteiger partial charge in [0.1, 0.15) is 10.9 Å². The number of benzene rings is 5. The van der Waals surface area contributed by atoms with E-state index >= 15 is 0 Å². The van der Waals surface area contributed by atoms with Crippen molar-refractivity contribution < 1.29 is 19.3 Å². The number of nitrogens with one attached hydrogen (secondary N) is 3. The number of non-ortho nitro benzene ring substituents is 1. The van der Waals surface area contributed by atoms with E-state index in [1.165, 1.54) is 42.1 Å². The summed E-state index contributed by atoms with van der Waals surface area (Å²) in [6, 6.07) is 37.8. The smallest absolute Gasteiger partial charge is 0.272 e. The number of nitrogens with zero attached hydrogens (tertiary/aromatic N) is 1. The predicted octanol–water partition coefficient (Wildman–Crippen LogP) is 8.24. The summed E-state index contributed by atoms with van der Waals surface area (Å²) >= 11 is 4.80. The van der Waals surface area contributed by atoms with Crippen LogP contribution in [0.1, 0.15) is 26.7 Å². The summed E-state index contributed by atoms with van der Waals surface area (Å²) < 4.78 is 0.756. The molecule has 1 unspecified atom stereocenters. The van der Waals surface area contributed by atoms with E-state index in [9.17, 15) is 24.5 Å². The molecule has 0 saturated carbocycles. The first-order chi connectivity index (χ1) is 22.8. The average Bonchev–Trinajstić information content (AvgIpc) is 3.09. The van der Waals surface area contributed by atoms with Crippen molar-refractivity contribution in [3.63, 3.8) is 0 Å². The third-order valence-electron chi connectivity index (χ3n) is 6.76. The van der Waals surface area contributed by atoms with Gasteiger partial charge in [0.05, 0.1) is 10.6 Å². The Labute approximate surface area is 283 Å². The van der Waals surface area contributed by atoms with Crippen LogP contribution in [-0.4, -0.2) is 22.6 Å². The van der Waals surface area contributed by atoms with Gasteiger partial charge in [0, 0.05) is 32.8 Å². The normalized spacial score (nSPS) is 11.6. The van der Waals surface area contributed by atoms with Gasteiger partial charge in [-0.05, 0) is 87.7 Å². The second-order valence-electron chi connectivity index (χ2n) is 10.1. The summed E-state index contributed by atoms with van der Waals surface area (Å²) in [4.78, 5) is 51.4. The SMILES string of the molecule is O=C(Nc1cccc(SC(C(=O)Nc2ccccc2Br)c2ccccc2)c1)/C(=C\c1ccc([N+](=O)[O-])cc1)NC(=O)c1ccccc1. The predicted molar refractivity (Wildman–Crippen MR) is 188 cm³/mol. The summed E-state index contributed by atoms with van der Waals surface area (Å²) in [5, 5.41) is 19.0. The third-order valence-corrected chi connectivity index (χ3v) is 8.70. The van der Waals surface area contributed by atoms with E-state index < -0.39 is 22.0 Å². The molecule has 0 radical (unpaired) electrons. The van der Waals surface area contributed by atoms with E-state index in [2.05, 4.69) is 31.9 Å². The number of nitro groups is 1. The molecule has 0 aliphatic rings. The van der Waals surface area contributed by atoms with Crippen LogP contribution in [0.3, 0.4) is 0 Å². The maximum absolute atomic E-state index is 13.6. The molecule has 1 atom stereocenters. The number of hydrogen-bond donors (Lipinski definition) is 3. The first kappa shape index (κ1) is 32.9. The van der Waals surface area contributed by atoms with Gasteiger partial charge in [0.2, 0.25) is 5.91 Å². The van der Waals surface area contributed by atoms with Crippen molar-refractivity contribution in [2.24, 2.45) is 0 Å². The molecule has 5 rings (SSSR count). The van der Waals surface area contributed by atoms with Crippen LogP contribution in [0, 0.1) is 10.1 Å². The molecule has 0 aromatic heterocycles. The molecule has 0 heterocycles. The molecule has 0 spiro atoms. The Morgan fingerprint density at radius 2 is 1.43 bits per heavy atom. The number of thioether (sulfide) groups is 1. The summed E-state index contributed by atoms with van der Waals surface area (Å²) in [5.41, 5.74) is 2.52. The summed E-state index contributed by atoms with van der Waals surface area (Å²) in [7, 11) is 0. The molecule has 5 aromatic carbocycles. The number of para-hydroxylation sites is 1. The van der Waals surface area contributed by atoms with Crippen LogP contribution in [0.4, 0.5) is 17.1 Å². The van der Waals surface area contributed by atoms with E-state index in [4.69, 9.17) is 0 Å². The Kier molecular flexibility index (Phi) is 10.9. The Morgan fingerprint density at radius 3 is 2.11 bits per heavy atom. The molecule has 11 heteroatoms. The van der Waals surface area contributed by atoms with Gasteiger partial charge in [-0.15, -0.1) is 11.8 Å². The van der Waals surface area contributed by atoms with Crippen LogP contribution in [0.2, 0.25) is 0 Å². The van der Waals surface area contributed by atoms with Crippen LogP contribution in [0.15, 0.2) is 149 Å². The fraction of sp³-hybridized carbons (Fsp3) is 0.0278. The zero-order chi connectivity index (χ0) is 33.2. The van der Waals surface area contributed by atoms with Gasteiger partial charge in [0.15, 0.2) is 0 Å². The van der Waals surface area contributed by atoms with Crippen molar-refractivity contribution in [2.75, 3.05) is 10.6 Å². The van der Waals surface area contributed by atoms with Gasteiger partial charge in [-0.1, -0.05) is 66.7 Å². The molecule has 9 nitrogen and oxygen atoms in total. The van der Waals surface area contributed by atoms with Gasteiger partial charge < -0.3 is 16.0 Å². The molecule has 0 aliphatic carbocycles. The van der Waals surface area contributed by atoms with E-state index in [-0.39, 0.29) is 17.3 Å². The largest absolute Gasteiger partial charge is 0.324 e. The standard InChI is InChI=1S/C36H27BrN4O5S/c37-30-16-7-8-17-31(30)39-36(44)33(25-10-3-1-4-11-25)47-29-15-9-14-27(23-29)38-35(43)32(40-34(42)26-12-5-2-6-13-26)22-24-18-20-28(21-19-24)41(45)46/h1-23,33H,(H,38,43)(H,39,44)(H,40,42)/b32-22+. The maximum Gasteiger partial charge on any atom is 0.272 e. The Morgan fingerprint density at radius 1 is 0.766 bits per heavy atom. The van der Waals surface area contributed by atoms with Gasteiger partial charge in [-0.3, -0.25) is 24.5 Å². The molecular formula is C36H27BrN4O5S. The topological polar surface area (TPSA) is 130 Å². The van der Waals surface area contributed by atoms with Crippen molar-refractivity contribution >= 4 is 68.6 Å². The van der Waals surface area contributed by atoms with Crippen LogP contribution in [0.5, 0.6) is 0 Å². The highest BCUT2D eigenvalue weighted by molar-refractivity contribution is 9.10. The van der Waals surface area contributed by atoms with Gasteiger partial charge in [-0.2, -0.15) is 0 Å². The minimum Gasteiger partial charge on any atom is -0.324 e. The van der Waals surface area contributed by atoms with Gasteiger partial charge in [0.25, 0.3) is 17.5 Å². The number of nitro benzene ring substituents is 1. The molecule has 0 fully saturated rings. The molecule has 234 valence electrons. The second kappa shape index (κ2) is 15.7. The lowest BCUT2D eigenvalue weighted by atomic mass is 10.1. The highest BCUT2D eigenvalue weighted by atomic mass is 79.9. The Balaban J connectivity index is 1.38. The van der Waals surface area contributed by atoms with E-state index in [1.54, 1.807) is 48.5 Å². The number of amides is 3. The number of carbonyl (C=O) groups excluding carboxylic acids is 3. The maximum atomic E-state index is 13.6. The second-order valence-corrected chi connectivity index (χ2v) is 12.1. The Hall–Kier alpha value is -5.52. The summed E-state index contributed by atoms with van der Waals surface area (Å²) in [5.74, 6) is -1.33. The summed E-state index contributed by atoms with van der Waals surface area (Å²) in [6.07, 6.45) is 1.44. The average molecular weight is 708 g/mol. The fourth-order valence-corrected chi connectivity index (χ4v) is 5.91. The molecule has 3 N–H and O–H groups in total. The molecule has 0 bridgehead atoms. The quantitative estimate of drug-likeness (QED) is 0.0549. The lowest BCUT2D eigenvalue weighted by molar-refractivity contribution is -0.384. The molecule has 0 saturated heterocycles. The number of anilines is 2. The molecule has 3 amide bonds. The van der Waals surface area contributed by atoms with Crippen molar-refractivity contribution in [3.8, 4) is 0 Å². The van der Waals surface area contributed by atoms with Crippen molar-refractivity contribution in [1.82, 2.24) is 5.32 Å². The van der Waals surface area contributed by atoms with E-state index in [1.807, 2.05) is 60.7 Å². The van der Waals surface area contributed by atoms with Crippen LogP contribution >= 0.6 is 27.7 Å². The molecule has 0 aliphatic heterocycles. The zero-order valence-electron chi connectivity index (χ0n) is 24.6. The van der Waals surface area contributed by atoms with Crippen LogP contribution in [0.25, 0.3) is 6.08 Å². The van der Waals surface area contributed by atoms with Crippen molar-refractivity contribution in [1.29, 1.82) is 0 Å². The highest BCUT2D eigenvalue weighted by Gasteiger charge is 2.23. The van der Waals surface area contributed by atoms with E-state index in [0.29, 0.717) is 27.4 Å². The molecule has 5 aromatic rings. The first-order valence-electron chi connectivity index (χ1n) is 14.3. The number of hydrogen-bond acceptors (Lipinski definition) is 6. The number of halogens is 1. The molecule has 47 heavy (non-hydrogen) atoms. The van der Waals surface area contributed by atoms with Crippen LogP contribution < -0.4 is 16.0 Å².